The summed E-state index contributed by atoms with van der Waals surface area (Å²) >= 11 is 12.5. The minimum absolute atomic E-state index is 0.0285. The number of anilines is 2. The first-order valence-electron chi connectivity index (χ1n) is 13.3. The molecule has 44 heavy (non-hydrogen) atoms. The fourth-order valence-corrected chi connectivity index (χ4v) is 6.79. The molecule has 0 saturated carbocycles. The molecule has 0 aliphatic carbocycles. The van der Waals surface area contributed by atoms with Crippen LogP contribution >= 0.6 is 23.2 Å². The van der Waals surface area contributed by atoms with Crippen LogP contribution in [-0.2, 0) is 15.0 Å². The Hall–Kier alpha value is -3.87. The summed E-state index contributed by atoms with van der Waals surface area (Å²) in [6.07, 6.45) is -5.34. The van der Waals surface area contributed by atoms with Crippen molar-refractivity contribution in [1.29, 1.82) is 0 Å². The predicted molar refractivity (Wildman–Crippen MR) is 156 cm³/mol. The minimum atomic E-state index is -4.66. The Balaban J connectivity index is 1.86. The molecule has 2 heterocycles. The fourth-order valence-electron chi connectivity index (χ4n) is 6.44. The highest BCUT2D eigenvalue weighted by molar-refractivity contribution is 6.31. The quantitative estimate of drug-likeness (QED) is 0.296. The van der Waals surface area contributed by atoms with Gasteiger partial charge in [0, 0.05) is 22.5 Å². The van der Waals surface area contributed by atoms with Gasteiger partial charge < -0.3 is 21.5 Å². The van der Waals surface area contributed by atoms with E-state index >= 15 is 9.18 Å². The van der Waals surface area contributed by atoms with Gasteiger partial charge in [-0.15, -0.1) is 0 Å². The predicted octanol–water partition coefficient (Wildman–Crippen LogP) is 5.35. The van der Waals surface area contributed by atoms with Gasteiger partial charge in [0.05, 0.1) is 35.5 Å². The monoisotopic (exact) mass is 652 g/mol. The van der Waals surface area contributed by atoms with Gasteiger partial charge in [0.15, 0.2) is 0 Å². The van der Waals surface area contributed by atoms with Crippen molar-refractivity contribution >= 4 is 52.3 Å². The molecule has 232 valence electrons. The van der Waals surface area contributed by atoms with E-state index in [9.17, 15) is 22.8 Å². The van der Waals surface area contributed by atoms with Crippen LogP contribution in [0.1, 0.15) is 40.7 Å². The van der Waals surface area contributed by atoms with E-state index in [2.05, 4.69) is 5.32 Å². The van der Waals surface area contributed by atoms with Gasteiger partial charge in [0.1, 0.15) is 17.0 Å². The molecular weight excluding hydrogens is 627 g/mol. The maximum absolute atomic E-state index is 15.8. The second-order valence-corrected chi connectivity index (χ2v) is 11.7. The van der Waals surface area contributed by atoms with Crippen molar-refractivity contribution in [3.8, 4) is 5.75 Å². The van der Waals surface area contributed by atoms with Crippen molar-refractivity contribution < 1.29 is 36.7 Å². The third kappa shape index (κ3) is 4.85. The van der Waals surface area contributed by atoms with E-state index in [4.69, 9.17) is 39.4 Å². The number of nitrogens with one attached hydrogen (secondary N) is 1. The Bertz CT molecular complexity index is 1690. The van der Waals surface area contributed by atoms with E-state index < -0.39 is 65.5 Å². The number of carbonyl (C=O) groups excluding carboxylic acids is 3. The molecule has 0 unspecified atom stereocenters. The molecule has 1 spiro atoms. The van der Waals surface area contributed by atoms with Crippen LogP contribution in [0.2, 0.25) is 10.0 Å². The zero-order valence-electron chi connectivity index (χ0n) is 23.2. The number of carbonyl (C=O) groups is 3. The van der Waals surface area contributed by atoms with E-state index in [0.717, 1.165) is 6.92 Å². The summed E-state index contributed by atoms with van der Waals surface area (Å²) in [5, 5.41) is 2.73. The SMILES string of the molecule is COc1cc(C(N)=O)ccc1N1C(=O)[C@]2(c3ccc(Cl)cc31)[C@H](C[C@@H](C)C(F)(F)F)N[C@@H](C(N)=O)[C@@H]2c1cccc(Cl)c1F. The number of hydrogen-bond donors (Lipinski definition) is 3. The van der Waals surface area contributed by atoms with Gasteiger partial charge in [0.25, 0.3) is 0 Å². The summed E-state index contributed by atoms with van der Waals surface area (Å²) in [6.45, 7) is 0.952. The molecule has 1 fully saturated rings. The van der Waals surface area contributed by atoms with Gasteiger partial charge >= 0.3 is 6.18 Å². The summed E-state index contributed by atoms with van der Waals surface area (Å²) in [5.74, 6) is -6.92. The number of ether oxygens (including phenoxy) is 1. The summed E-state index contributed by atoms with van der Waals surface area (Å²) < 4.78 is 63.3. The number of methoxy groups -OCH3 is 1. The highest BCUT2D eigenvalue weighted by atomic mass is 35.5. The molecule has 0 aromatic heterocycles. The van der Waals surface area contributed by atoms with Gasteiger partial charge in [0.2, 0.25) is 17.7 Å². The zero-order valence-corrected chi connectivity index (χ0v) is 24.7. The second-order valence-electron chi connectivity index (χ2n) is 10.8. The molecule has 5 N–H and O–H groups in total. The van der Waals surface area contributed by atoms with Gasteiger partial charge in [-0.3, -0.25) is 19.3 Å². The van der Waals surface area contributed by atoms with Crippen molar-refractivity contribution in [1.82, 2.24) is 5.32 Å². The van der Waals surface area contributed by atoms with Crippen LogP contribution in [0.5, 0.6) is 5.75 Å². The molecular formula is C30H26Cl2F4N4O4. The molecule has 2 aliphatic heterocycles. The van der Waals surface area contributed by atoms with Gasteiger partial charge in [-0.1, -0.05) is 48.3 Å². The van der Waals surface area contributed by atoms with E-state index in [1.54, 1.807) is 0 Å². The molecule has 8 nitrogen and oxygen atoms in total. The van der Waals surface area contributed by atoms with Crippen molar-refractivity contribution in [2.45, 2.75) is 42.9 Å². The molecule has 3 aromatic rings. The number of nitrogens with zero attached hydrogens (tertiary/aromatic N) is 1. The van der Waals surface area contributed by atoms with Crippen LogP contribution in [0, 0.1) is 11.7 Å². The summed E-state index contributed by atoms with van der Waals surface area (Å²) in [6, 6.07) is 9.49. The van der Waals surface area contributed by atoms with Crippen LogP contribution in [0.3, 0.4) is 0 Å². The number of primary amides is 2. The number of halogens is 6. The third-order valence-corrected chi connectivity index (χ3v) is 8.96. The molecule has 5 rings (SSSR count). The normalized spacial score (nSPS) is 23.6. The van der Waals surface area contributed by atoms with Crippen molar-refractivity contribution in [2.24, 2.45) is 17.4 Å². The minimum Gasteiger partial charge on any atom is -0.495 e. The molecule has 3 amide bonds. The Labute approximate surface area is 259 Å². The van der Waals surface area contributed by atoms with E-state index in [-0.39, 0.29) is 43.9 Å². The van der Waals surface area contributed by atoms with E-state index in [1.807, 2.05) is 0 Å². The first-order chi connectivity index (χ1) is 20.6. The highest BCUT2D eigenvalue weighted by Crippen LogP contribution is 2.60. The highest BCUT2D eigenvalue weighted by Gasteiger charge is 2.68. The maximum atomic E-state index is 15.8. The Morgan fingerprint density at radius 2 is 1.80 bits per heavy atom. The number of nitrogens with two attached hydrogens (primary N) is 2. The van der Waals surface area contributed by atoms with E-state index in [0.29, 0.717) is 0 Å². The lowest BCUT2D eigenvalue weighted by Gasteiger charge is -2.37. The number of rotatable bonds is 7. The molecule has 14 heteroatoms. The lowest BCUT2D eigenvalue weighted by atomic mass is 9.63. The topological polar surface area (TPSA) is 128 Å². The smallest absolute Gasteiger partial charge is 0.391 e. The molecule has 5 atom stereocenters. The maximum Gasteiger partial charge on any atom is 0.391 e. The molecule has 1 saturated heterocycles. The van der Waals surface area contributed by atoms with Crippen LogP contribution in [-0.4, -0.2) is 43.1 Å². The number of amides is 3. The van der Waals surface area contributed by atoms with Crippen molar-refractivity contribution in [2.75, 3.05) is 12.0 Å². The van der Waals surface area contributed by atoms with Crippen LogP contribution in [0.25, 0.3) is 0 Å². The Morgan fingerprint density at radius 1 is 1.09 bits per heavy atom. The Kier molecular flexibility index (Phi) is 8.06. The molecule has 3 aromatic carbocycles. The molecule has 0 bridgehead atoms. The average Bonchev–Trinajstić information content (AvgIpc) is 3.41. The zero-order chi connectivity index (χ0) is 32.3. The molecule has 2 aliphatic rings. The largest absolute Gasteiger partial charge is 0.495 e. The lowest BCUT2D eigenvalue weighted by Crippen LogP contribution is -2.51. The van der Waals surface area contributed by atoms with Crippen molar-refractivity contribution in [3.63, 3.8) is 0 Å². The van der Waals surface area contributed by atoms with E-state index in [1.165, 1.54) is 66.6 Å². The number of alkyl halides is 3. The number of fused-ring (bicyclic) bond motifs is 2. The Morgan fingerprint density at radius 3 is 2.41 bits per heavy atom. The average molecular weight is 653 g/mol. The van der Waals surface area contributed by atoms with Gasteiger partial charge in [-0.2, -0.15) is 13.2 Å². The third-order valence-electron chi connectivity index (χ3n) is 8.43. The first kappa shape index (κ1) is 31.6. The number of benzene rings is 3. The van der Waals surface area contributed by atoms with Crippen LogP contribution < -0.4 is 26.4 Å². The van der Waals surface area contributed by atoms with Gasteiger partial charge in [-0.05, 0) is 53.9 Å². The molecule has 0 radical (unpaired) electrons. The van der Waals surface area contributed by atoms with Crippen LogP contribution in [0.15, 0.2) is 54.6 Å². The van der Waals surface area contributed by atoms with Crippen molar-refractivity contribution in [3.05, 3.63) is 87.2 Å². The second kappa shape index (κ2) is 11.2. The summed E-state index contributed by atoms with van der Waals surface area (Å²) in [4.78, 5) is 41.1. The van der Waals surface area contributed by atoms with Gasteiger partial charge in [-0.25, -0.2) is 4.39 Å². The summed E-state index contributed by atoms with van der Waals surface area (Å²) in [5.41, 5.74) is 9.47. The van der Waals surface area contributed by atoms with Crippen LogP contribution in [0.4, 0.5) is 28.9 Å². The summed E-state index contributed by atoms with van der Waals surface area (Å²) in [7, 11) is 1.29. The first-order valence-corrected chi connectivity index (χ1v) is 14.1. The standard InChI is InChI=1S/C30H26Cl2F4N4O4/c1-13(30(34,35)36)10-22-29(23(25(39-22)27(38)42)16-4-3-5-18(32)24(16)33)17-8-7-15(31)12-20(17)40(28(29)43)19-9-6-14(26(37)41)11-21(19)44-2/h3-9,11-13,22-23,25,39H,10H2,1-2H3,(H2,37,41)(H2,38,42)/t13-,22+,23+,25-,29-/m1/s1. The number of hydrogen-bond acceptors (Lipinski definition) is 5. The lowest BCUT2D eigenvalue weighted by molar-refractivity contribution is -0.173. The fraction of sp³-hybridized carbons (Fsp3) is 0.300.